The largest absolute Gasteiger partial charge is 0.264 e. The van der Waals surface area contributed by atoms with Gasteiger partial charge in [-0.1, -0.05) is 13.0 Å². The van der Waals surface area contributed by atoms with Gasteiger partial charge in [0.15, 0.2) is 0 Å². The molecule has 1 aromatic heterocycles. The topological polar surface area (TPSA) is 16.1 Å². The molecule has 0 aromatic carbocycles. The summed E-state index contributed by atoms with van der Waals surface area (Å²) in [5.74, 6) is 0. The molecule has 0 unspecified atom stereocenters. The molecule has 76 valence electrons. The number of nitrogens with zero attached hydrogens (tertiary/aromatic N) is 2. The van der Waals surface area contributed by atoms with Crippen molar-refractivity contribution < 1.29 is 0 Å². The van der Waals surface area contributed by atoms with Gasteiger partial charge < -0.3 is 0 Å². The Labute approximate surface area is 90.0 Å². The number of hydrogen-bond acceptors (Lipinski definition) is 2. The van der Waals surface area contributed by atoms with Crippen LogP contribution >= 0.6 is 11.8 Å². The highest BCUT2D eigenvalue weighted by Crippen LogP contribution is 2.34. The average molecular weight is 211 g/mol. The normalized spacial score (nSPS) is 22.1. The molecule has 0 amide bonds. The van der Waals surface area contributed by atoms with Crippen LogP contribution in [0.1, 0.15) is 25.3 Å². The second-order valence-corrected chi connectivity index (χ2v) is 4.69. The van der Waals surface area contributed by atoms with Crippen molar-refractivity contribution in [2.24, 2.45) is 0 Å². The van der Waals surface area contributed by atoms with Crippen LogP contribution in [0.15, 0.2) is 24.5 Å². The fourth-order valence-electron chi connectivity index (χ4n) is 1.98. The Balaban J connectivity index is 2.17. The highest BCUT2D eigenvalue weighted by atomic mass is 35.5. The van der Waals surface area contributed by atoms with E-state index in [2.05, 4.69) is 18.0 Å². The Kier molecular flexibility index (Phi) is 2.75. The molecule has 0 radical (unpaired) electrons. The molecule has 1 fully saturated rings. The summed E-state index contributed by atoms with van der Waals surface area (Å²) in [6, 6.07) is 4.17. The van der Waals surface area contributed by atoms with Gasteiger partial charge >= 0.3 is 0 Å². The molecule has 2 rings (SSSR count). The van der Waals surface area contributed by atoms with E-state index < -0.39 is 0 Å². The Bertz CT molecular complexity index is 291. The van der Waals surface area contributed by atoms with Crippen LogP contribution in [-0.4, -0.2) is 22.5 Å². The van der Waals surface area contributed by atoms with Gasteiger partial charge in [0.1, 0.15) is 0 Å². The summed E-state index contributed by atoms with van der Waals surface area (Å²) in [5.41, 5.74) is 1.60. The minimum absolute atomic E-state index is 0.264. The third kappa shape index (κ3) is 1.91. The predicted molar refractivity (Wildman–Crippen MR) is 58.2 cm³/mol. The Hall–Kier alpha value is -0.600. The molecule has 1 saturated heterocycles. The fraction of sp³-hybridized carbons (Fsp3) is 0.545. The number of piperidine rings is 1. The highest BCUT2D eigenvalue weighted by molar-refractivity contribution is 6.13. The van der Waals surface area contributed by atoms with Crippen LogP contribution in [0.2, 0.25) is 0 Å². The van der Waals surface area contributed by atoms with Crippen LogP contribution < -0.4 is 0 Å². The molecule has 2 nitrogen and oxygen atoms in total. The maximum absolute atomic E-state index is 5.95. The van der Waals surface area contributed by atoms with E-state index in [-0.39, 0.29) is 5.41 Å². The van der Waals surface area contributed by atoms with Gasteiger partial charge in [-0.15, -0.1) is 0 Å². The lowest BCUT2D eigenvalue weighted by molar-refractivity contribution is 0.256. The molecule has 1 aliphatic rings. The summed E-state index contributed by atoms with van der Waals surface area (Å²) in [4.78, 5) is 4.18. The van der Waals surface area contributed by atoms with Crippen molar-refractivity contribution in [2.75, 3.05) is 13.1 Å². The van der Waals surface area contributed by atoms with Crippen molar-refractivity contribution in [3.05, 3.63) is 30.1 Å². The molecule has 0 atom stereocenters. The van der Waals surface area contributed by atoms with Gasteiger partial charge in [0, 0.05) is 25.5 Å². The predicted octanol–water partition coefficient (Wildman–Crippen LogP) is 2.59. The van der Waals surface area contributed by atoms with E-state index >= 15 is 0 Å². The summed E-state index contributed by atoms with van der Waals surface area (Å²) in [6.45, 7) is 4.23. The SMILES string of the molecule is CC1(c2cccnc2)CCN(Cl)CC1. The standard InChI is InChI=1S/C11H15ClN2/c1-11(4-7-14(12)8-5-11)10-3-2-6-13-9-10/h2-3,6,9H,4-5,7-8H2,1H3. The second kappa shape index (κ2) is 3.87. The smallest absolute Gasteiger partial charge is 0.0305 e. The van der Waals surface area contributed by atoms with Crippen LogP contribution in [0.4, 0.5) is 0 Å². The van der Waals surface area contributed by atoms with Crippen molar-refractivity contribution >= 4 is 11.8 Å². The number of pyridine rings is 1. The lowest BCUT2D eigenvalue weighted by atomic mass is 9.76. The van der Waals surface area contributed by atoms with E-state index in [0.717, 1.165) is 25.9 Å². The monoisotopic (exact) mass is 210 g/mol. The first kappa shape index (κ1) is 9.94. The Morgan fingerprint density at radius 2 is 2.14 bits per heavy atom. The molecule has 0 aliphatic carbocycles. The van der Waals surface area contributed by atoms with Gasteiger partial charge in [-0.2, -0.15) is 0 Å². The molecular formula is C11H15ClN2. The molecule has 0 saturated carbocycles. The molecule has 0 N–H and O–H groups in total. The molecule has 3 heteroatoms. The van der Waals surface area contributed by atoms with Gasteiger partial charge in [0.2, 0.25) is 0 Å². The number of hydrogen-bond donors (Lipinski definition) is 0. The third-order valence-corrected chi connectivity index (χ3v) is 3.51. The summed E-state index contributed by atoms with van der Waals surface area (Å²) in [6.07, 6.45) is 6.03. The number of halogens is 1. The molecule has 1 aromatic rings. The van der Waals surface area contributed by atoms with Crippen molar-refractivity contribution in [3.63, 3.8) is 0 Å². The summed E-state index contributed by atoms with van der Waals surface area (Å²) >= 11 is 5.95. The van der Waals surface area contributed by atoms with Crippen molar-refractivity contribution in [3.8, 4) is 0 Å². The van der Waals surface area contributed by atoms with Crippen LogP contribution in [0.5, 0.6) is 0 Å². The first-order valence-corrected chi connectivity index (χ1v) is 5.36. The van der Waals surface area contributed by atoms with Gasteiger partial charge in [-0.3, -0.25) is 4.98 Å². The summed E-state index contributed by atoms with van der Waals surface area (Å²) in [7, 11) is 0. The third-order valence-electron chi connectivity index (χ3n) is 3.17. The van der Waals surface area contributed by atoms with E-state index in [1.54, 1.807) is 0 Å². The zero-order chi connectivity index (χ0) is 10.0. The quantitative estimate of drug-likeness (QED) is 0.663. The van der Waals surface area contributed by atoms with Gasteiger partial charge in [0.25, 0.3) is 0 Å². The Morgan fingerprint density at radius 1 is 1.43 bits per heavy atom. The number of rotatable bonds is 1. The summed E-state index contributed by atoms with van der Waals surface area (Å²) in [5, 5.41) is 0. The lowest BCUT2D eigenvalue weighted by Crippen LogP contribution is -2.36. The van der Waals surface area contributed by atoms with Crippen LogP contribution in [0.25, 0.3) is 0 Å². The van der Waals surface area contributed by atoms with Crippen LogP contribution in [0.3, 0.4) is 0 Å². The minimum Gasteiger partial charge on any atom is -0.264 e. The number of aromatic nitrogens is 1. The molecule has 0 spiro atoms. The van der Waals surface area contributed by atoms with Crippen LogP contribution in [-0.2, 0) is 5.41 Å². The molecule has 2 heterocycles. The van der Waals surface area contributed by atoms with Crippen molar-refractivity contribution in [1.29, 1.82) is 0 Å². The van der Waals surface area contributed by atoms with Crippen LogP contribution in [0, 0.1) is 0 Å². The van der Waals surface area contributed by atoms with E-state index in [0.29, 0.717) is 0 Å². The van der Waals surface area contributed by atoms with E-state index in [1.807, 2.05) is 22.9 Å². The van der Waals surface area contributed by atoms with Gasteiger partial charge in [0.05, 0.1) is 0 Å². The van der Waals surface area contributed by atoms with Crippen molar-refractivity contribution in [1.82, 2.24) is 9.40 Å². The van der Waals surface area contributed by atoms with E-state index in [4.69, 9.17) is 11.8 Å². The fourth-order valence-corrected chi connectivity index (χ4v) is 2.15. The molecule has 14 heavy (non-hydrogen) atoms. The van der Waals surface area contributed by atoms with E-state index in [1.165, 1.54) is 5.56 Å². The zero-order valence-corrected chi connectivity index (χ0v) is 9.17. The maximum Gasteiger partial charge on any atom is 0.0305 e. The Morgan fingerprint density at radius 3 is 2.71 bits per heavy atom. The van der Waals surface area contributed by atoms with Gasteiger partial charge in [-0.25, -0.2) is 4.42 Å². The van der Waals surface area contributed by atoms with Gasteiger partial charge in [-0.05, 0) is 41.7 Å². The summed E-state index contributed by atoms with van der Waals surface area (Å²) < 4.78 is 1.87. The highest BCUT2D eigenvalue weighted by Gasteiger charge is 2.31. The lowest BCUT2D eigenvalue weighted by Gasteiger charge is -2.36. The maximum atomic E-state index is 5.95. The molecular weight excluding hydrogens is 196 g/mol. The van der Waals surface area contributed by atoms with E-state index in [9.17, 15) is 0 Å². The zero-order valence-electron chi connectivity index (χ0n) is 8.41. The average Bonchev–Trinajstić information content (AvgIpc) is 2.24. The first-order valence-electron chi connectivity index (χ1n) is 5.02. The first-order chi connectivity index (χ1) is 6.71. The minimum atomic E-state index is 0.264. The second-order valence-electron chi connectivity index (χ2n) is 4.21. The van der Waals surface area contributed by atoms with Crippen molar-refractivity contribution in [2.45, 2.75) is 25.2 Å². The molecule has 1 aliphatic heterocycles. The molecule has 0 bridgehead atoms.